The van der Waals surface area contributed by atoms with E-state index in [1.165, 1.54) is 11.2 Å². The van der Waals surface area contributed by atoms with Crippen LogP contribution in [0.2, 0.25) is 0 Å². The summed E-state index contributed by atoms with van der Waals surface area (Å²) < 4.78 is 2.13. The van der Waals surface area contributed by atoms with Gasteiger partial charge in [0.15, 0.2) is 6.23 Å². The maximum Gasteiger partial charge on any atom is 0.263 e. The Morgan fingerprint density at radius 2 is 1.31 bits per heavy atom. The number of aliphatic hydroxyl groups is 1. The van der Waals surface area contributed by atoms with E-state index in [2.05, 4.69) is 57.0 Å². The molecular formula is C36H24N4O2. The standard InChI is InChI=1S/C36H24N4O2/c41-35-30-10-6-12-32(34(30)36(42)39(35)27-16-13-24(14-17-27)23-7-2-1-3-8-23)40-31-11-5-4-9-28(31)29-18-15-25(19-33(29)40)26-20-37-22-38-21-26/h1-22,35,41H. The molecule has 6 heteroatoms. The van der Waals surface area contributed by atoms with Crippen LogP contribution < -0.4 is 4.90 Å². The molecule has 0 fully saturated rings. The van der Waals surface area contributed by atoms with E-state index in [0.717, 1.165) is 49.7 Å². The van der Waals surface area contributed by atoms with Crippen molar-refractivity contribution in [1.29, 1.82) is 0 Å². The van der Waals surface area contributed by atoms with Crippen molar-refractivity contribution >= 4 is 33.4 Å². The van der Waals surface area contributed by atoms with E-state index < -0.39 is 6.23 Å². The van der Waals surface area contributed by atoms with Gasteiger partial charge in [-0.3, -0.25) is 9.69 Å². The number of rotatable bonds is 4. The highest BCUT2D eigenvalue weighted by Crippen LogP contribution is 2.42. The van der Waals surface area contributed by atoms with Gasteiger partial charge in [-0.15, -0.1) is 0 Å². The van der Waals surface area contributed by atoms with E-state index in [9.17, 15) is 9.90 Å². The predicted molar refractivity (Wildman–Crippen MR) is 165 cm³/mol. The summed E-state index contributed by atoms with van der Waals surface area (Å²) in [4.78, 5) is 24.0. The Hall–Kier alpha value is -5.59. The van der Waals surface area contributed by atoms with Crippen molar-refractivity contribution in [2.45, 2.75) is 6.23 Å². The average molecular weight is 545 g/mol. The van der Waals surface area contributed by atoms with Gasteiger partial charge < -0.3 is 9.67 Å². The first kappa shape index (κ1) is 24.2. The zero-order valence-corrected chi connectivity index (χ0v) is 22.4. The molecule has 5 aromatic carbocycles. The van der Waals surface area contributed by atoms with Crippen molar-refractivity contribution < 1.29 is 9.90 Å². The number of anilines is 1. The van der Waals surface area contributed by atoms with Gasteiger partial charge in [0.1, 0.15) is 6.33 Å². The third kappa shape index (κ3) is 3.66. The topological polar surface area (TPSA) is 71.2 Å². The molecule has 1 atom stereocenters. The van der Waals surface area contributed by atoms with Crippen molar-refractivity contribution in [1.82, 2.24) is 14.5 Å². The highest BCUT2D eigenvalue weighted by atomic mass is 16.3. The first-order valence-corrected chi connectivity index (χ1v) is 13.8. The molecule has 1 aliphatic rings. The number of nitrogens with zero attached hydrogens (tertiary/aromatic N) is 4. The first-order chi connectivity index (χ1) is 20.7. The highest BCUT2D eigenvalue weighted by molar-refractivity contribution is 6.15. The maximum atomic E-state index is 14.2. The number of aliphatic hydroxyl groups excluding tert-OH is 1. The fourth-order valence-corrected chi connectivity index (χ4v) is 6.12. The summed E-state index contributed by atoms with van der Waals surface area (Å²) in [5, 5.41) is 13.6. The Morgan fingerprint density at radius 1 is 0.619 bits per heavy atom. The quantitative estimate of drug-likeness (QED) is 0.248. The Kier molecular flexibility index (Phi) is 5.48. The van der Waals surface area contributed by atoms with Crippen molar-refractivity contribution in [2.24, 2.45) is 0 Å². The van der Waals surface area contributed by atoms with E-state index in [4.69, 9.17) is 0 Å². The lowest BCUT2D eigenvalue weighted by atomic mass is 10.1. The minimum Gasteiger partial charge on any atom is -0.369 e. The van der Waals surface area contributed by atoms with Crippen LogP contribution in [0, 0.1) is 0 Å². The smallest absolute Gasteiger partial charge is 0.263 e. The molecule has 1 N–H and O–H groups in total. The number of para-hydroxylation sites is 1. The molecule has 6 nitrogen and oxygen atoms in total. The van der Waals surface area contributed by atoms with Gasteiger partial charge in [0, 0.05) is 40.0 Å². The molecule has 200 valence electrons. The molecule has 0 bridgehead atoms. The van der Waals surface area contributed by atoms with Crippen molar-refractivity contribution in [3.63, 3.8) is 0 Å². The van der Waals surface area contributed by atoms with Crippen LogP contribution in [0.15, 0.2) is 134 Å². The number of carbonyl (C=O) groups excluding carboxylic acids is 1. The highest BCUT2D eigenvalue weighted by Gasteiger charge is 2.39. The molecule has 42 heavy (non-hydrogen) atoms. The van der Waals surface area contributed by atoms with Crippen molar-refractivity contribution in [3.8, 4) is 27.9 Å². The zero-order chi connectivity index (χ0) is 28.2. The second-order valence-corrected chi connectivity index (χ2v) is 10.4. The van der Waals surface area contributed by atoms with Crippen LogP contribution in [0.4, 0.5) is 5.69 Å². The van der Waals surface area contributed by atoms with Crippen LogP contribution in [-0.4, -0.2) is 25.5 Å². The van der Waals surface area contributed by atoms with Crippen LogP contribution >= 0.6 is 0 Å². The van der Waals surface area contributed by atoms with Crippen LogP contribution in [-0.2, 0) is 0 Å². The summed E-state index contributed by atoms with van der Waals surface area (Å²) in [7, 11) is 0. The molecule has 0 aliphatic carbocycles. The van der Waals surface area contributed by atoms with E-state index in [1.54, 1.807) is 12.4 Å². The lowest BCUT2D eigenvalue weighted by Gasteiger charge is -2.21. The van der Waals surface area contributed by atoms with Crippen LogP contribution in [0.3, 0.4) is 0 Å². The number of hydrogen-bond acceptors (Lipinski definition) is 4. The zero-order valence-electron chi connectivity index (χ0n) is 22.4. The van der Waals surface area contributed by atoms with Gasteiger partial charge in [-0.05, 0) is 47.0 Å². The largest absolute Gasteiger partial charge is 0.369 e. The molecule has 0 saturated heterocycles. The summed E-state index contributed by atoms with van der Waals surface area (Å²) in [6.45, 7) is 0. The van der Waals surface area contributed by atoms with Gasteiger partial charge in [0.25, 0.3) is 5.91 Å². The third-order valence-electron chi connectivity index (χ3n) is 8.09. The van der Waals surface area contributed by atoms with Gasteiger partial charge in [-0.1, -0.05) is 84.9 Å². The Bertz CT molecular complexity index is 2120. The minimum atomic E-state index is -1.10. The Morgan fingerprint density at radius 3 is 2.12 bits per heavy atom. The Balaban J connectivity index is 1.29. The number of amides is 1. The molecule has 7 aromatic rings. The average Bonchev–Trinajstić information content (AvgIpc) is 3.52. The number of benzene rings is 5. The second kappa shape index (κ2) is 9.51. The number of fused-ring (bicyclic) bond motifs is 4. The molecule has 0 radical (unpaired) electrons. The predicted octanol–water partition coefficient (Wildman–Crippen LogP) is 7.56. The Labute approximate surface area is 241 Å². The van der Waals surface area contributed by atoms with E-state index in [1.807, 2.05) is 72.8 Å². The van der Waals surface area contributed by atoms with E-state index in [-0.39, 0.29) is 5.91 Å². The monoisotopic (exact) mass is 544 g/mol. The first-order valence-electron chi connectivity index (χ1n) is 13.8. The van der Waals surface area contributed by atoms with Crippen molar-refractivity contribution in [3.05, 3.63) is 145 Å². The molecule has 1 aliphatic heterocycles. The second-order valence-electron chi connectivity index (χ2n) is 10.4. The third-order valence-corrected chi connectivity index (χ3v) is 8.09. The molecule has 0 saturated carbocycles. The fraction of sp³-hybridized carbons (Fsp3) is 0.0278. The van der Waals surface area contributed by atoms with Crippen LogP contribution in [0.1, 0.15) is 22.1 Å². The number of hydrogen-bond donors (Lipinski definition) is 1. The number of aromatic nitrogens is 3. The molecule has 2 aromatic heterocycles. The van der Waals surface area contributed by atoms with Gasteiger partial charge in [0.05, 0.1) is 22.3 Å². The van der Waals surface area contributed by atoms with Gasteiger partial charge in [-0.25, -0.2) is 9.97 Å². The van der Waals surface area contributed by atoms with Gasteiger partial charge in [0.2, 0.25) is 0 Å². The van der Waals surface area contributed by atoms with Gasteiger partial charge >= 0.3 is 0 Å². The summed E-state index contributed by atoms with van der Waals surface area (Å²) in [5.74, 6) is -0.237. The van der Waals surface area contributed by atoms with Crippen LogP contribution in [0.25, 0.3) is 49.7 Å². The molecular weight excluding hydrogens is 520 g/mol. The van der Waals surface area contributed by atoms with E-state index in [0.29, 0.717) is 16.8 Å². The molecule has 0 spiro atoms. The summed E-state index contributed by atoms with van der Waals surface area (Å²) in [5.41, 5.74) is 8.41. The molecule has 8 rings (SSSR count). The normalized spacial score (nSPS) is 14.5. The summed E-state index contributed by atoms with van der Waals surface area (Å²) >= 11 is 0. The lowest BCUT2D eigenvalue weighted by Crippen LogP contribution is -2.27. The van der Waals surface area contributed by atoms with Crippen LogP contribution in [0.5, 0.6) is 0 Å². The SMILES string of the molecule is O=C1c2c(cccc2-n2c3ccccc3c3ccc(-c4cncnc4)cc32)C(O)N1c1ccc(-c2ccccc2)cc1. The van der Waals surface area contributed by atoms with E-state index >= 15 is 0 Å². The number of carbonyl (C=O) groups is 1. The molecule has 3 heterocycles. The minimum absolute atomic E-state index is 0.237. The fourth-order valence-electron chi connectivity index (χ4n) is 6.12. The summed E-state index contributed by atoms with van der Waals surface area (Å²) in [6, 6.07) is 38.0. The van der Waals surface area contributed by atoms with Crippen molar-refractivity contribution in [2.75, 3.05) is 4.90 Å². The van der Waals surface area contributed by atoms with Gasteiger partial charge in [-0.2, -0.15) is 0 Å². The lowest BCUT2D eigenvalue weighted by molar-refractivity contribution is 0.0935. The summed E-state index contributed by atoms with van der Waals surface area (Å²) in [6.07, 6.45) is 4.01. The molecule has 1 unspecified atom stereocenters. The maximum absolute atomic E-state index is 14.2. The molecule has 1 amide bonds.